The van der Waals surface area contributed by atoms with Crippen LogP contribution in [0.3, 0.4) is 0 Å². The number of nitrogens with zero attached hydrogens (tertiary/aromatic N) is 4. The van der Waals surface area contributed by atoms with Gasteiger partial charge in [0.1, 0.15) is 17.9 Å². The second-order valence-corrected chi connectivity index (χ2v) is 6.25. The summed E-state index contributed by atoms with van der Waals surface area (Å²) in [6.07, 6.45) is 5.50. The summed E-state index contributed by atoms with van der Waals surface area (Å²) in [5.74, 6) is 1.95. The van der Waals surface area contributed by atoms with Crippen molar-refractivity contribution in [3.05, 3.63) is 64.6 Å². The molecule has 0 fully saturated rings. The molecule has 1 aliphatic rings. The first-order valence-corrected chi connectivity index (χ1v) is 8.09. The van der Waals surface area contributed by atoms with Crippen molar-refractivity contribution in [2.45, 2.75) is 45.6 Å². The van der Waals surface area contributed by atoms with Crippen LogP contribution < -0.4 is 0 Å². The van der Waals surface area contributed by atoms with Crippen LogP contribution in [0.25, 0.3) is 0 Å². The van der Waals surface area contributed by atoms with Gasteiger partial charge in [-0.1, -0.05) is 29.4 Å². The van der Waals surface area contributed by atoms with E-state index < -0.39 is 0 Å². The molecule has 0 saturated heterocycles. The highest BCUT2D eigenvalue weighted by atomic mass is 16.5. The Morgan fingerprint density at radius 2 is 1.87 bits per heavy atom. The Morgan fingerprint density at radius 3 is 2.52 bits per heavy atom. The van der Waals surface area contributed by atoms with Crippen LogP contribution in [0.5, 0.6) is 0 Å². The predicted molar refractivity (Wildman–Crippen MR) is 86.3 cm³/mol. The van der Waals surface area contributed by atoms with Crippen molar-refractivity contribution in [2.75, 3.05) is 0 Å². The zero-order valence-corrected chi connectivity index (χ0v) is 13.5. The molecule has 0 atom stereocenters. The summed E-state index contributed by atoms with van der Waals surface area (Å²) in [5.41, 5.74) is 5.03. The first-order valence-electron chi connectivity index (χ1n) is 8.09. The zero-order chi connectivity index (χ0) is 15.8. The molecule has 23 heavy (non-hydrogen) atoms. The average molecular weight is 308 g/mol. The number of rotatable bonds is 4. The summed E-state index contributed by atoms with van der Waals surface area (Å²) in [4.78, 5) is 4.48. The van der Waals surface area contributed by atoms with E-state index in [-0.39, 0.29) is 0 Å². The fourth-order valence-electron chi connectivity index (χ4n) is 3.56. The van der Waals surface area contributed by atoms with Crippen LogP contribution in [0.4, 0.5) is 0 Å². The normalized spacial score (nSPS) is 14.3. The van der Waals surface area contributed by atoms with Gasteiger partial charge in [0, 0.05) is 12.0 Å². The maximum absolute atomic E-state index is 5.24. The van der Waals surface area contributed by atoms with Crippen LogP contribution in [0.2, 0.25) is 0 Å². The third-order valence-corrected chi connectivity index (χ3v) is 4.80. The highest BCUT2D eigenvalue weighted by Gasteiger charge is 2.25. The van der Waals surface area contributed by atoms with Crippen LogP contribution in [-0.4, -0.2) is 19.9 Å². The third kappa shape index (κ3) is 2.56. The molecule has 0 unspecified atom stereocenters. The largest absolute Gasteiger partial charge is 0.361 e. The molecule has 0 aliphatic heterocycles. The van der Waals surface area contributed by atoms with E-state index in [9.17, 15) is 0 Å². The molecule has 2 aromatic heterocycles. The monoisotopic (exact) mass is 308 g/mol. The molecule has 0 saturated carbocycles. The maximum Gasteiger partial charge on any atom is 0.138 e. The maximum atomic E-state index is 5.24. The molecule has 0 bridgehead atoms. The number of benzene rings is 1. The lowest BCUT2D eigenvalue weighted by molar-refractivity contribution is 0.392. The number of aryl methyl sites for hydroxylation is 3. The van der Waals surface area contributed by atoms with Crippen molar-refractivity contribution < 1.29 is 4.52 Å². The highest BCUT2D eigenvalue weighted by Crippen LogP contribution is 2.30. The van der Waals surface area contributed by atoms with Crippen molar-refractivity contribution >= 4 is 0 Å². The van der Waals surface area contributed by atoms with Crippen molar-refractivity contribution in [3.8, 4) is 0 Å². The fraction of sp³-hybridized carbons (Fsp3) is 0.389. The van der Waals surface area contributed by atoms with Crippen molar-refractivity contribution in [2.24, 2.45) is 0 Å². The Hall–Kier alpha value is -2.43. The first kappa shape index (κ1) is 14.2. The second kappa shape index (κ2) is 5.65. The van der Waals surface area contributed by atoms with Gasteiger partial charge in [0.05, 0.1) is 11.7 Å². The third-order valence-electron chi connectivity index (χ3n) is 4.80. The highest BCUT2D eigenvalue weighted by molar-refractivity contribution is 5.33. The van der Waals surface area contributed by atoms with Gasteiger partial charge < -0.3 is 4.52 Å². The van der Waals surface area contributed by atoms with E-state index in [1.807, 2.05) is 13.8 Å². The van der Waals surface area contributed by atoms with Gasteiger partial charge in [0.25, 0.3) is 0 Å². The molecular weight excluding hydrogens is 288 g/mol. The molecule has 1 aliphatic carbocycles. The van der Waals surface area contributed by atoms with E-state index in [4.69, 9.17) is 4.52 Å². The number of hydrogen-bond acceptors (Lipinski definition) is 4. The molecule has 4 rings (SSSR count). The van der Waals surface area contributed by atoms with Gasteiger partial charge in [-0.2, -0.15) is 5.10 Å². The minimum atomic E-state index is 0.384. The predicted octanol–water partition coefficient (Wildman–Crippen LogP) is 3.01. The lowest BCUT2D eigenvalue weighted by atomic mass is 10.1. The van der Waals surface area contributed by atoms with Gasteiger partial charge in [-0.15, -0.1) is 0 Å². The Kier molecular flexibility index (Phi) is 3.48. The van der Waals surface area contributed by atoms with Gasteiger partial charge in [-0.25, -0.2) is 9.67 Å². The number of hydrogen-bond donors (Lipinski definition) is 0. The van der Waals surface area contributed by atoms with Crippen LogP contribution in [0, 0.1) is 13.8 Å². The Morgan fingerprint density at radius 1 is 1.13 bits per heavy atom. The van der Waals surface area contributed by atoms with E-state index in [2.05, 4.69) is 44.2 Å². The van der Waals surface area contributed by atoms with Gasteiger partial charge in [-0.05, 0) is 44.2 Å². The van der Waals surface area contributed by atoms with Gasteiger partial charge >= 0.3 is 0 Å². The Labute approximate surface area is 135 Å². The lowest BCUT2D eigenvalue weighted by Gasteiger charge is -2.13. The molecule has 1 aromatic carbocycles. The Bertz CT molecular complexity index is 789. The summed E-state index contributed by atoms with van der Waals surface area (Å²) in [6, 6.07) is 9.04. The van der Waals surface area contributed by atoms with E-state index in [0.29, 0.717) is 6.04 Å². The van der Waals surface area contributed by atoms with Crippen LogP contribution in [-0.2, 0) is 25.7 Å². The van der Waals surface area contributed by atoms with E-state index in [1.54, 1.807) is 6.33 Å². The standard InChI is InChI=1S/C18H20N4O/c1-12-17(13(2)23-21-12)7-8-18-19-11-20-22(18)16-9-14-5-3-4-6-15(14)10-16/h3-6,11,16H,7-10H2,1-2H3. The van der Waals surface area contributed by atoms with Crippen molar-refractivity contribution in [3.63, 3.8) is 0 Å². The van der Waals surface area contributed by atoms with Gasteiger partial charge in [0.15, 0.2) is 0 Å². The van der Waals surface area contributed by atoms with E-state index in [1.165, 1.54) is 16.7 Å². The van der Waals surface area contributed by atoms with Crippen molar-refractivity contribution in [1.82, 2.24) is 19.9 Å². The molecule has 2 heterocycles. The summed E-state index contributed by atoms with van der Waals surface area (Å²) < 4.78 is 7.35. The SMILES string of the molecule is Cc1noc(C)c1CCc1ncnn1C1Cc2ccccc2C1. The molecule has 5 heteroatoms. The number of fused-ring (bicyclic) bond motifs is 1. The van der Waals surface area contributed by atoms with Crippen LogP contribution in [0.15, 0.2) is 35.1 Å². The quantitative estimate of drug-likeness (QED) is 0.743. The fourth-order valence-corrected chi connectivity index (χ4v) is 3.56. The molecule has 5 nitrogen and oxygen atoms in total. The summed E-state index contributed by atoms with van der Waals surface area (Å²) in [6.45, 7) is 3.96. The minimum absolute atomic E-state index is 0.384. The topological polar surface area (TPSA) is 56.7 Å². The second-order valence-electron chi connectivity index (χ2n) is 6.25. The van der Waals surface area contributed by atoms with Crippen LogP contribution in [0.1, 0.15) is 40.0 Å². The van der Waals surface area contributed by atoms with Gasteiger partial charge in [-0.3, -0.25) is 0 Å². The lowest BCUT2D eigenvalue weighted by Crippen LogP contribution is -2.15. The average Bonchev–Trinajstić information content (AvgIpc) is 3.24. The summed E-state index contributed by atoms with van der Waals surface area (Å²) in [7, 11) is 0. The van der Waals surface area contributed by atoms with Crippen molar-refractivity contribution in [1.29, 1.82) is 0 Å². The first-order chi connectivity index (χ1) is 11.2. The van der Waals surface area contributed by atoms with Gasteiger partial charge in [0.2, 0.25) is 0 Å². The smallest absolute Gasteiger partial charge is 0.138 e. The van der Waals surface area contributed by atoms with Crippen LogP contribution >= 0.6 is 0 Å². The van der Waals surface area contributed by atoms with E-state index in [0.717, 1.165) is 43.0 Å². The summed E-state index contributed by atoms with van der Waals surface area (Å²) >= 11 is 0. The molecule has 0 N–H and O–H groups in total. The molecule has 0 spiro atoms. The zero-order valence-electron chi connectivity index (χ0n) is 13.5. The van der Waals surface area contributed by atoms with E-state index >= 15 is 0 Å². The Balaban J connectivity index is 1.51. The minimum Gasteiger partial charge on any atom is -0.361 e. The number of aromatic nitrogens is 4. The molecule has 3 aromatic rings. The summed E-state index contributed by atoms with van der Waals surface area (Å²) in [5, 5.41) is 8.52. The molecule has 0 amide bonds. The molecule has 0 radical (unpaired) electrons. The molecular formula is C18H20N4O. The molecule has 118 valence electrons.